The zero-order chi connectivity index (χ0) is 22.8. The molecule has 2 fully saturated rings. The van der Waals surface area contributed by atoms with Crippen molar-refractivity contribution in [3.8, 4) is 0 Å². The van der Waals surface area contributed by atoms with E-state index in [0.717, 1.165) is 44.3 Å². The van der Waals surface area contributed by atoms with Gasteiger partial charge >= 0.3 is 0 Å². The van der Waals surface area contributed by atoms with Gasteiger partial charge in [-0.05, 0) is 46.5 Å². The van der Waals surface area contributed by atoms with Gasteiger partial charge in [0.25, 0.3) is 5.56 Å². The fourth-order valence-corrected chi connectivity index (χ4v) is 5.14. The maximum Gasteiger partial charge on any atom is 0.276 e. The molecule has 2 aromatic rings. The minimum Gasteiger partial charge on any atom is -0.354 e. The summed E-state index contributed by atoms with van der Waals surface area (Å²) in [4.78, 5) is 44.6. The Kier molecular flexibility index (Phi) is 6.67. The number of hydrogen-bond acceptors (Lipinski definition) is 4. The van der Waals surface area contributed by atoms with E-state index in [1.54, 1.807) is 0 Å². The van der Waals surface area contributed by atoms with Crippen LogP contribution in [0, 0.1) is 12.8 Å². The molecule has 32 heavy (non-hydrogen) atoms. The largest absolute Gasteiger partial charge is 0.354 e. The zero-order valence-corrected chi connectivity index (χ0v) is 19.4. The van der Waals surface area contributed by atoms with E-state index in [1.165, 1.54) is 10.9 Å². The quantitative estimate of drug-likeness (QED) is 0.720. The van der Waals surface area contributed by atoms with E-state index in [4.69, 9.17) is 0 Å². The van der Waals surface area contributed by atoms with Crippen molar-refractivity contribution in [1.29, 1.82) is 0 Å². The lowest BCUT2D eigenvalue weighted by molar-refractivity contribution is -0.135. The smallest absolute Gasteiger partial charge is 0.276 e. The van der Waals surface area contributed by atoms with Gasteiger partial charge in [0.1, 0.15) is 0 Å². The SMILES string of the molecule is Cc1nc2cc([C@@H]3CCN(C(=O)C4CCCCC4)C3)[nH]n2c(=O)c1CCC(=O)NC(C)C. The zero-order valence-electron chi connectivity index (χ0n) is 19.4. The summed E-state index contributed by atoms with van der Waals surface area (Å²) in [5.74, 6) is 0.609. The highest BCUT2D eigenvalue weighted by molar-refractivity contribution is 5.79. The summed E-state index contributed by atoms with van der Waals surface area (Å²) in [6.07, 6.45) is 7.10. The summed E-state index contributed by atoms with van der Waals surface area (Å²) in [5.41, 5.74) is 2.62. The van der Waals surface area contributed by atoms with Crippen molar-refractivity contribution in [1.82, 2.24) is 24.8 Å². The molecule has 1 saturated heterocycles. The van der Waals surface area contributed by atoms with E-state index in [0.29, 0.717) is 35.8 Å². The van der Waals surface area contributed by atoms with Gasteiger partial charge in [-0.25, -0.2) is 9.50 Å². The number of carbonyl (C=O) groups is 2. The highest BCUT2D eigenvalue weighted by atomic mass is 16.2. The number of rotatable bonds is 6. The van der Waals surface area contributed by atoms with Crippen molar-refractivity contribution < 1.29 is 9.59 Å². The van der Waals surface area contributed by atoms with Crippen molar-refractivity contribution in [3.63, 3.8) is 0 Å². The van der Waals surface area contributed by atoms with E-state index in [9.17, 15) is 14.4 Å². The number of fused-ring (bicyclic) bond motifs is 1. The van der Waals surface area contributed by atoms with Crippen LogP contribution in [0.15, 0.2) is 10.9 Å². The van der Waals surface area contributed by atoms with Gasteiger partial charge in [-0.15, -0.1) is 0 Å². The molecular formula is C24H35N5O3. The van der Waals surface area contributed by atoms with Gasteiger partial charge in [0.15, 0.2) is 5.65 Å². The Labute approximate surface area is 188 Å². The summed E-state index contributed by atoms with van der Waals surface area (Å²) in [6, 6.07) is 2.01. The molecule has 8 nitrogen and oxygen atoms in total. The molecule has 8 heteroatoms. The molecule has 1 aliphatic carbocycles. The van der Waals surface area contributed by atoms with E-state index in [1.807, 2.05) is 31.7 Å². The van der Waals surface area contributed by atoms with Gasteiger partial charge in [0.2, 0.25) is 11.8 Å². The predicted octanol–water partition coefficient (Wildman–Crippen LogP) is 2.68. The molecule has 0 radical (unpaired) electrons. The molecule has 1 aliphatic heterocycles. The van der Waals surface area contributed by atoms with Crippen LogP contribution >= 0.6 is 0 Å². The number of nitrogens with zero attached hydrogens (tertiary/aromatic N) is 3. The van der Waals surface area contributed by atoms with E-state index in [2.05, 4.69) is 15.4 Å². The number of aromatic nitrogens is 3. The molecule has 0 unspecified atom stereocenters. The molecule has 3 heterocycles. The van der Waals surface area contributed by atoms with Gasteiger partial charge in [-0.3, -0.25) is 19.5 Å². The van der Waals surface area contributed by atoms with Gasteiger partial charge in [0, 0.05) is 60.4 Å². The molecule has 1 saturated carbocycles. The van der Waals surface area contributed by atoms with Crippen molar-refractivity contribution in [3.05, 3.63) is 33.4 Å². The maximum absolute atomic E-state index is 13.1. The first kappa shape index (κ1) is 22.6. The first-order valence-electron chi connectivity index (χ1n) is 12.0. The van der Waals surface area contributed by atoms with Gasteiger partial charge in [0.05, 0.1) is 0 Å². The fraction of sp³-hybridized carbons (Fsp3) is 0.667. The van der Waals surface area contributed by atoms with Gasteiger partial charge in [-0.1, -0.05) is 19.3 Å². The lowest BCUT2D eigenvalue weighted by Gasteiger charge is -2.26. The van der Waals surface area contributed by atoms with Crippen molar-refractivity contribution in [2.75, 3.05) is 13.1 Å². The first-order valence-corrected chi connectivity index (χ1v) is 12.0. The van der Waals surface area contributed by atoms with Crippen LogP contribution < -0.4 is 10.9 Å². The maximum atomic E-state index is 13.1. The third-order valence-corrected chi connectivity index (χ3v) is 6.88. The highest BCUT2D eigenvalue weighted by Gasteiger charge is 2.33. The Morgan fingerprint density at radius 3 is 2.69 bits per heavy atom. The van der Waals surface area contributed by atoms with Crippen molar-refractivity contribution >= 4 is 17.5 Å². The summed E-state index contributed by atoms with van der Waals surface area (Å²) in [6.45, 7) is 7.12. The van der Waals surface area contributed by atoms with Crippen LogP contribution in [0.1, 0.15) is 81.7 Å². The summed E-state index contributed by atoms with van der Waals surface area (Å²) in [5, 5.41) is 6.09. The summed E-state index contributed by atoms with van der Waals surface area (Å²) in [7, 11) is 0. The van der Waals surface area contributed by atoms with Crippen LogP contribution in [0.2, 0.25) is 0 Å². The number of carbonyl (C=O) groups excluding carboxylic acids is 2. The Morgan fingerprint density at radius 1 is 1.22 bits per heavy atom. The second-order valence-corrected chi connectivity index (χ2v) is 9.71. The van der Waals surface area contributed by atoms with E-state index >= 15 is 0 Å². The minimum absolute atomic E-state index is 0.0650. The molecule has 0 bridgehead atoms. The summed E-state index contributed by atoms with van der Waals surface area (Å²) >= 11 is 0. The van der Waals surface area contributed by atoms with Gasteiger partial charge < -0.3 is 10.2 Å². The molecule has 2 amide bonds. The average molecular weight is 442 g/mol. The Hall–Kier alpha value is -2.64. The molecule has 174 valence electrons. The number of hydrogen-bond donors (Lipinski definition) is 2. The van der Waals surface area contributed by atoms with Crippen LogP contribution in [0.25, 0.3) is 5.65 Å². The average Bonchev–Trinajstić information content (AvgIpc) is 3.40. The molecule has 1 atom stereocenters. The monoisotopic (exact) mass is 441 g/mol. The predicted molar refractivity (Wildman–Crippen MR) is 123 cm³/mol. The third kappa shape index (κ3) is 4.74. The van der Waals surface area contributed by atoms with Crippen LogP contribution in [0.5, 0.6) is 0 Å². The van der Waals surface area contributed by atoms with Gasteiger partial charge in [-0.2, -0.15) is 0 Å². The Balaban J connectivity index is 1.48. The lowest BCUT2D eigenvalue weighted by Crippen LogP contribution is -2.35. The summed E-state index contributed by atoms with van der Waals surface area (Å²) < 4.78 is 1.49. The molecule has 0 spiro atoms. The van der Waals surface area contributed by atoms with E-state index < -0.39 is 0 Å². The van der Waals surface area contributed by atoms with Crippen LogP contribution in [-0.2, 0) is 16.0 Å². The number of aryl methyl sites for hydroxylation is 1. The van der Waals surface area contributed by atoms with Crippen LogP contribution in [0.4, 0.5) is 0 Å². The second-order valence-electron chi connectivity index (χ2n) is 9.71. The number of likely N-dealkylation sites (tertiary alicyclic amines) is 1. The van der Waals surface area contributed by atoms with Crippen molar-refractivity contribution in [2.45, 2.75) is 84.1 Å². The minimum atomic E-state index is -0.149. The molecule has 4 rings (SSSR count). The van der Waals surface area contributed by atoms with Crippen LogP contribution in [-0.4, -0.2) is 50.4 Å². The molecule has 2 N–H and O–H groups in total. The Morgan fingerprint density at radius 2 is 1.97 bits per heavy atom. The molecular weight excluding hydrogens is 406 g/mol. The Bertz CT molecular complexity index is 1050. The normalized spacial score (nSPS) is 19.8. The number of H-pyrrole nitrogens is 1. The molecule has 2 aliphatic rings. The number of amides is 2. The van der Waals surface area contributed by atoms with Crippen molar-refractivity contribution in [2.24, 2.45) is 5.92 Å². The first-order chi connectivity index (χ1) is 15.3. The molecule has 2 aromatic heterocycles. The number of nitrogens with one attached hydrogen (secondary N) is 2. The molecule has 0 aromatic carbocycles. The number of aromatic amines is 1. The third-order valence-electron chi connectivity index (χ3n) is 6.88. The lowest BCUT2D eigenvalue weighted by atomic mass is 9.88. The van der Waals surface area contributed by atoms with Crippen LogP contribution in [0.3, 0.4) is 0 Å². The fourth-order valence-electron chi connectivity index (χ4n) is 5.14. The van der Waals surface area contributed by atoms with E-state index in [-0.39, 0.29) is 35.8 Å². The highest BCUT2D eigenvalue weighted by Crippen LogP contribution is 2.31. The second kappa shape index (κ2) is 9.46. The topological polar surface area (TPSA) is 99.6 Å². The standard InChI is InChI=1S/C24H35N5O3/c1-15(2)25-22(30)10-9-19-16(3)26-21-13-20(27-29(21)24(19)32)18-11-12-28(14-18)23(31)17-7-5-4-6-8-17/h13,15,17-18,27H,4-12,14H2,1-3H3,(H,25,30)/t18-/m1/s1.